The predicted octanol–water partition coefficient (Wildman–Crippen LogP) is 4.14. The molecule has 3 rings (SSSR count). The monoisotopic (exact) mass is 437 g/mol. The number of hydrogen-bond acceptors (Lipinski definition) is 4. The molecule has 0 radical (unpaired) electrons. The molecule has 2 aromatic rings. The van der Waals surface area contributed by atoms with Crippen LogP contribution in [0.3, 0.4) is 0 Å². The Balaban J connectivity index is 1.72. The number of unbranched alkanes of at least 4 members (excludes halogenated alkanes) is 1. The highest BCUT2D eigenvalue weighted by atomic mass is 16.5. The molecule has 0 bridgehead atoms. The summed E-state index contributed by atoms with van der Waals surface area (Å²) in [6.45, 7) is 5.51. The molecule has 2 N–H and O–H groups in total. The fraction of sp³-hybridized carbons (Fsp3) is 0.400. The summed E-state index contributed by atoms with van der Waals surface area (Å²) in [4.78, 5) is 39.5. The number of nitrogens with zero attached hydrogens (tertiary/aromatic N) is 1. The van der Waals surface area contributed by atoms with Gasteiger partial charge in [-0.25, -0.2) is 4.79 Å². The van der Waals surface area contributed by atoms with E-state index >= 15 is 0 Å². The van der Waals surface area contributed by atoms with Crippen LogP contribution in [-0.2, 0) is 21.5 Å². The first-order valence-corrected chi connectivity index (χ1v) is 11.0. The van der Waals surface area contributed by atoms with Crippen molar-refractivity contribution in [2.75, 3.05) is 19.0 Å². The van der Waals surface area contributed by atoms with Crippen LogP contribution in [0.1, 0.15) is 49.8 Å². The number of imide groups is 1. The number of hydrogen-bond donors (Lipinski definition) is 2. The first kappa shape index (κ1) is 23.3. The normalized spacial score (nSPS) is 17.9. The number of aryl methyl sites for hydroxylation is 2. The summed E-state index contributed by atoms with van der Waals surface area (Å²) >= 11 is 0. The zero-order chi connectivity index (χ0) is 23.3. The average molecular weight is 438 g/mol. The van der Waals surface area contributed by atoms with E-state index in [0.29, 0.717) is 23.4 Å². The number of amides is 4. The van der Waals surface area contributed by atoms with Gasteiger partial charge < -0.3 is 15.4 Å². The van der Waals surface area contributed by atoms with Crippen LogP contribution in [0.25, 0.3) is 0 Å². The van der Waals surface area contributed by atoms with Gasteiger partial charge >= 0.3 is 6.03 Å². The van der Waals surface area contributed by atoms with Gasteiger partial charge in [-0.3, -0.25) is 14.5 Å². The number of ether oxygens (including phenoxy) is 1. The molecule has 7 nitrogen and oxygen atoms in total. The molecule has 0 aliphatic carbocycles. The Labute approximate surface area is 189 Å². The molecule has 7 heteroatoms. The van der Waals surface area contributed by atoms with Gasteiger partial charge in [0.1, 0.15) is 17.8 Å². The van der Waals surface area contributed by atoms with Gasteiger partial charge in [-0.15, -0.1) is 0 Å². The topological polar surface area (TPSA) is 87.7 Å². The van der Waals surface area contributed by atoms with E-state index in [0.717, 1.165) is 29.7 Å². The van der Waals surface area contributed by atoms with E-state index in [9.17, 15) is 14.4 Å². The number of rotatable bonds is 9. The average Bonchev–Trinajstić information content (AvgIpc) is 3.03. The van der Waals surface area contributed by atoms with E-state index in [1.807, 2.05) is 44.2 Å². The van der Waals surface area contributed by atoms with Gasteiger partial charge in [0.05, 0.1) is 7.11 Å². The summed E-state index contributed by atoms with van der Waals surface area (Å²) in [6.07, 6.45) is 3.60. The zero-order valence-electron chi connectivity index (χ0n) is 19.2. The fourth-order valence-corrected chi connectivity index (χ4v) is 4.03. The van der Waals surface area contributed by atoms with Crippen LogP contribution < -0.4 is 15.4 Å². The van der Waals surface area contributed by atoms with Gasteiger partial charge in [0, 0.05) is 5.69 Å². The number of anilines is 1. The standard InChI is InChI=1S/C25H31N3O4/c1-5-7-8-18-9-12-20(13-10-18)26-22(29)16-28-23(30)25(6-2,27-24(28)31)19-11-14-21(32-4)17(3)15-19/h9-15H,5-8,16H2,1-4H3,(H,26,29)(H,27,31). The Morgan fingerprint density at radius 3 is 2.44 bits per heavy atom. The maximum atomic E-state index is 13.3. The Morgan fingerprint density at radius 2 is 1.84 bits per heavy atom. The Hall–Kier alpha value is -3.35. The Kier molecular flexibility index (Phi) is 7.18. The van der Waals surface area contributed by atoms with Crippen molar-refractivity contribution >= 4 is 23.5 Å². The summed E-state index contributed by atoms with van der Waals surface area (Å²) in [7, 11) is 1.58. The second kappa shape index (κ2) is 9.85. The van der Waals surface area contributed by atoms with Crippen molar-refractivity contribution in [2.24, 2.45) is 0 Å². The molecule has 170 valence electrons. The number of carbonyl (C=O) groups is 3. The lowest BCUT2D eigenvalue weighted by Crippen LogP contribution is -2.44. The van der Waals surface area contributed by atoms with Crippen molar-refractivity contribution in [1.29, 1.82) is 0 Å². The van der Waals surface area contributed by atoms with Gasteiger partial charge in [-0.1, -0.05) is 38.5 Å². The minimum Gasteiger partial charge on any atom is -0.496 e. The van der Waals surface area contributed by atoms with Crippen LogP contribution in [0.5, 0.6) is 5.75 Å². The first-order valence-electron chi connectivity index (χ1n) is 11.0. The molecule has 2 aromatic carbocycles. The van der Waals surface area contributed by atoms with Crippen molar-refractivity contribution in [1.82, 2.24) is 10.2 Å². The van der Waals surface area contributed by atoms with Crippen molar-refractivity contribution in [2.45, 2.75) is 52.0 Å². The minimum absolute atomic E-state index is 0.348. The highest BCUT2D eigenvalue weighted by molar-refractivity contribution is 6.10. The van der Waals surface area contributed by atoms with E-state index in [-0.39, 0.29) is 6.54 Å². The summed E-state index contributed by atoms with van der Waals surface area (Å²) < 4.78 is 5.30. The Morgan fingerprint density at radius 1 is 1.12 bits per heavy atom. The quantitative estimate of drug-likeness (QED) is 0.577. The van der Waals surface area contributed by atoms with Gasteiger partial charge in [-0.05, 0) is 67.1 Å². The molecule has 0 aromatic heterocycles. The molecular formula is C25H31N3O4. The smallest absolute Gasteiger partial charge is 0.325 e. The van der Waals surface area contributed by atoms with Crippen molar-refractivity contribution < 1.29 is 19.1 Å². The molecule has 0 saturated carbocycles. The van der Waals surface area contributed by atoms with Crippen LogP contribution in [0.4, 0.5) is 10.5 Å². The first-order chi connectivity index (χ1) is 15.3. The molecule has 1 unspecified atom stereocenters. The molecular weight excluding hydrogens is 406 g/mol. The molecule has 1 aliphatic heterocycles. The maximum absolute atomic E-state index is 13.3. The second-order valence-corrected chi connectivity index (χ2v) is 8.11. The molecule has 1 heterocycles. The molecule has 1 fully saturated rings. The van der Waals surface area contributed by atoms with Crippen molar-refractivity contribution in [3.8, 4) is 5.75 Å². The predicted molar refractivity (Wildman–Crippen MR) is 124 cm³/mol. The number of methoxy groups -OCH3 is 1. The number of nitrogens with one attached hydrogen (secondary N) is 2. The third kappa shape index (κ3) is 4.61. The molecule has 1 aliphatic rings. The third-order valence-corrected chi connectivity index (χ3v) is 5.95. The molecule has 32 heavy (non-hydrogen) atoms. The van der Waals surface area contributed by atoms with Crippen LogP contribution in [0, 0.1) is 6.92 Å². The summed E-state index contributed by atoms with van der Waals surface area (Å²) in [6, 6.07) is 12.5. The van der Waals surface area contributed by atoms with E-state index < -0.39 is 23.4 Å². The van der Waals surface area contributed by atoms with Gasteiger partial charge in [0.25, 0.3) is 5.91 Å². The SMILES string of the molecule is CCCCc1ccc(NC(=O)CN2C(=O)NC(CC)(c3ccc(OC)c(C)c3)C2=O)cc1. The lowest BCUT2D eigenvalue weighted by atomic mass is 9.86. The number of urea groups is 1. The summed E-state index contributed by atoms with van der Waals surface area (Å²) in [5.74, 6) is -0.152. The van der Waals surface area contributed by atoms with E-state index in [1.165, 1.54) is 5.56 Å². The Bertz CT molecular complexity index is 1000. The highest BCUT2D eigenvalue weighted by Gasteiger charge is 2.51. The van der Waals surface area contributed by atoms with Crippen LogP contribution in [0.2, 0.25) is 0 Å². The maximum Gasteiger partial charge on any atom is 0.325 e. The van der Waals surface area contributed by atoms with Crippen LogP contribution >= 0.6 is 0 Å². The van der Waals surface area contributed by atoms with Crippen molar-refractivity contribution in [3.05, 3.63) is 59.2 Å². The van der Waals surface area contributed by atoms with Crippen LogP contribution in [-0.4, -0.2) is 36.4 Å². The van der Waals surface area contributed by atoms with Gasteiger partial charge in [-0.2, -0.15) is 0 Å². The fourth-order valence-electron chi connectivity index (χ4n) is 4.03. The minimum atomic E-state index is -1.20. The van der Waals surface area contributed by atoms with Crippen molar-refractivity contribution in [3.63, 3.8) is 0 Å². The van der Waals surface area contributed by atoms with E-state index in [1.54, 1.807) is 19.2 Å². The number of carbonyl (C=O) groups excluding carboxylic acids is 3. The van der Waals surface area contributed by atoms with E-state index in [4.69, 9.17) is 4.74 Å². The second-order valence-electron chi connectivity index (χ2n) is 8.11. The molecule has 1 saturated heterocycles. The lowest BCUT2D eigenvalue weighted by molar-refractivity contribution is -0.134. The molecule has 0 spiro atoms. The molecule has 1 atom stereocenters. The summed E-state index contributed by atoms with van der Waals surface area (Å²) in [5.41, 5.74) is 2.17. The number of benzene rings is 2. The molecule has 4 amide bonds. The zero-order valence-corrected chi connectivity index (χ0v) is 19.2. The van der Waals surface area contributed by atoms with Gasteiger partial charge in [0.2, 0.25) is 5.91 Å². The van der Waals surface area contributed by atoms with Crippen LogP contribution in [0.15, 0.2) is 42.5 Å². The highest BCUT2D eigenvalue weighted by Crippen LogP contribution is 2.34. The van der Waals surface area contributed by atoms with Gasteiger partial charge in [0.15, 0.2) is 0 Å². The third-order valence-electron chi connectivity index (χ3n) is 5.95. The summed E-state index contributed by atoms with van der Waals surface area (Å²) in [5, 5.41) is 5.58. The van der Waals surface area contributed by atoms with E-state index in [2.05, 4.69) is 17.6 Å². The largest absolute Gasteiger partial charge is 0.496 e. The lowest BCUT2D eigenvalue weighted by Gasteiger charge is -2.26.